The molecule has 2 amide bonds. The lowest BCUT2D eigenvalue weighted by molar-refractivity contribution is 0.0690. The number of carboxylic acid groups (broad SMARTS) is 1. The second kappa shape index (κ2) is 6.51. The largest absolute Gasteiger partial charge is 0.477 e. The summed E-state index contributed by atoms with van der Waals surface area (Å²) in [6, 6.07) is 12.2. The van der Waals surface area contributed by atoms with Crippen LogP contribution >= 0.6 is 0 Å². The molecule has 0 bridgehead atoms. The van der Waals surface area contributed by atoms with Gasteiger partial charge in [0.25, 0.3) is 0 Å². The average Bonchev–Trinajstić information content (AvgIpc) is 2.48. The van der Waals surface area contributed by atoms with E-state index in [1.165, 1.54) is 23.2 Å². The van der Waals surface area contributed by atoms with E-state index < -0.39 is 5.97 Å². The van der Waals surface area contributed by atoms with Crippen molar-refractivity contribution in [3.05, 3.63) is 59.9 Å². The number of hydrogen-bond acceptors (Lipinski definition) is 3. The zero-order chi connectivity index (χ0) is 15.2. The van der Waals surface area contributed by atoms with E-state index in [9.17, 15) is 9.59 Å². The minimum atomic E-state index is -1.10. The molecule has 108 valence electrons. The van der Waals surface area contributed by atoms with Crippen molar-refractivity contribution < 1.29 is 14.7 Å². The van der Waals surface area contributed by atoms with Gasteiger partial charge in [-0.1, -0.05) is 30.3 Å². The highest BCUT2D eigenvalue weighted by Crippen LogP contribution is 2.09. The van der Waals surface area contributed by atoms with E-state index in [1.54, 1.807) is 7.05 Å². The Hall–Kier alpha value is -2.89. The molecule has 0 spiro atoms. The molecule has 1 aromatic heterocycles. The maximum atomic E-state index is 12.0. The van der Waals surface area contributed by atoms with Gasteiger partial charge in [0, 0.05) is 13.6 Å². The molecule has 0 saturated carbocycles. The smallest absolute Gasteiger partial charge is 0.354 e. The molecule has 0 aliphatic rings. The molecule has 0 fully saturated rings. The molecule has 1 heterocycles. The Morgan fingerprint density at radius 3 is 2.48 bits per heavy atom. The van der Waals surface area contributed by atoms with E-state index >= 15 is 0 Å². The van der Waals surface area contributed by atoms with Crippen molar-refractivity contribution in [1.29, 1.82) is 0 Å². The van der Waals surface area contributed by atoms with Crippen molar-refractivity contribution in [3.8, 4) is 0 Å². The van der Waals surface area contributed by atoms with E-state index in [2.05, 4.69) is 10.3 Å². The number of nitrogens with zero attached hydrogens (tertiary/aromatic N) is 2. The van der Waals surface area contributed by atoms with Gasteiger partial charge in [-0.25, -0.2) is 14.6 Å². The Morgan fingerprint density at radius 1 is 1.19 bits per heavy atom. The number of rotatable bonds is 4. The monoisotopic (exact) mass is 285 g/mol. The number of hydrogen-bond donors (Lipinski definition) is 2. The van der Waals surface area contributed by atoms with E-state index in [4.69, 9.17) is 5.11 Å². The van der Waals surface area contributed by atoms with E-state index in [0.717, 1.165) is 5.56 Å². The van der Waals surface area contributed by atoms with Gasteiger partial charge in [-0.05, 0) is 17.7 Å². The minimum Gasteiger partial charge on any atom is -0.477 e. The highest BCUT2D eigenvalue weighted by molar-refractivity contribution is 5.90. The highest BCUT2D eigenvalue weighted by Gasteiger charge is 2.10. The predicted molar refractivity (Wildman–Crippen MR) is 78.1 cm³/mol. The van der Waals surface area contributed by atoms with Crippen molar-refractivity contribution in [2.45, 2.75) is 6.54 Å². The summed E-state index contributed by atoms with van der Waals surface area (Å²) >= 11 is 0. The number of nitrogens with one attached hydrogen (secondary N) is 1. The van der Waals surface area contributed by atoms with Crippen LogP contribution in [0.15, 0.2) is 48.7 Å². The molecule has 0 unspecified atom stereocenters. The highest BCUT2D eigenvalue weighted by atomic mass is 16.4. The first kappa shape index (κ1) is 14.5. The fourth-order valence-electron chi connectivity index (χ4n) is 1.74. The number of amides is 2. The molecule has 0 aliphatic heterocycles. The number of carbonyl (C=O) groups is 2. The van der Waals surface area contributed by atoms with Crippen LogP contribution in [0.3, 0.4) is 0 Å². The van der Waals surface area contributed by atoms with Gasteiger partial charge in [-0.2, -0.15) is 0 Å². The SMILES string of the molecule is CN(Cc1ccccc1)C(=O)Nc1ccc(C(=O)O)nc1. The first-order valence-corrected chi connectivity index (χ1v) is 6.31. The van der Waals surface area contributed by atoms with Crippen LogP contribution in [0.25, 0.3) is 0 Å². The van der Waals surface area contributed by atoms with Gasteiger partial charge < -0.3 is 15.3 Å². The Bertz CT molecular complexity index is 626. The van der Waals surface area contributed by atoms with Crippen LogP contribution in [-0.2, 0) is 6.54 Å². The second-order valence-electron chi connectivity index (χ2n) is 4.51. The lowest BCUT2D eigenvalue weighted by Crippen LogP contribution is -2.30. The number of benzene rings is 1. The summed E-state index contributed by atoms with van der Waals surface area (Å²) in [7, 11) is 1.68. The third kappa shape index (κ3) is 4.04. The quantitative estimate of drug-likeness (QED) is 0.904. The van der Waals surface area contributed by atoms with Crippen LogP contribution in [0.5, 0.6) is 0 Å². The molecule has 0 saturated heterocycles. The topological polar surface area (TPSA) is 82.5 Å². The van der Waals surface area contributed by atoms with Gasteiger partial charge in [-0.15, -0.1) is 0 Å². The van der Waals surface area contributed by atoms with Crippen molar-refractivity contribution in [2.75, 3.05) is 12.4 Å². The predicted octanol–water partition coefficient (Wildman–Crippen LogP) is 2.44. The van der Waals surface area contributed by atoms with Crippen molar-refractivity contribution in [2.24, 2.45) is 0 Å². The summed E-state index contributed by atoms with van der Waals surface area (Å²) in [4.78, 5) is 28.0. The van der Waals surface area contributed by atoms with Crippen LogP contribution in [-0.4, -0.2) is 34.0 Å². The molecule has 0 radical (unpaired) electrons. The van der Waals surface area contributed by atoms with Crippen LogP contribution in [0.4, 0.5) is 10.5 Å². The second-order valence-corrected chi connectivity index (χ2v) is 4.51. The third-order valence-electron chi connectivity index (χ3n) is 2.84. The zero-order valence-electron chi connectivity index (χ0n) is 11.5. The summed E-state index contributed by atoms with van der Waals surface area (Å²) in [6.45, 7) is 0.479. The maximum absolute atomic E-state index is 12.0. The Balaban J connectivity index is 1.95. The zero-order valence-corrected chi connectivity index (χ0v) is 11.5. The Kier molecular flexibility index (Phi) is 4.50. The number of urea groups is 1. The molecular weight excluding hydrogens is 270 g/mol. The molecule has 2 N–H and O–H groups in total. The van der Waals surface area contributed by atoms with Gasteiger partial charge in [-0.3, -0.25) is 0 Å². The van der Waals surface area contributed by atoms with Crippen LogP contribution in [0.2, 0.25) is 0 Å². The number of aromatic carboxylic acids is 1. The number of anilines is 1. The molecule has 0 aliphatic carbocycles. The first-order valence-electron chi connectivity index (χ1n) is 6.31. The van der Waals surface area contributed by atoms with Gasteiger partial charge in [0.15, 0.2) is 0 Å². The first-order chi connectivity index (χ1) is 10.1. The van der Waals surface area contributed by atoms with Gasteiger partial charge in [0.05, 0.1) is 11.9 Å². The summed E-state index contributed by atoms with van der Waals surface area (Å²) in [5, 5.41) is 11.4. The summed E-state index contributed by atoms with van der Waals surface area (Å²) in [6.07, 6.45) is 1.32. The summed E-state index contributed by atoms with van der Waals surface area (Å²) in [5.74, 6) is -1.10. The lowest BCUT2D eigenvalue weighted by Gasteiger charge is -2.18. The molecule has 21 heavy (non-hydrogen) atoms. The molecule has 2 rings (SSSR count). The molecule has 6 nitrogen and oxygen atoms in total. The van der Waals surface area contributed by atoms with Gasteiger partial charge in [0.1, 0.15) is 5.69 Å². The van der Waals surface area contributed by atoms with Crippen molar-refractivity contribution >= 4 is 17.7 Å². The van der Waals surface area contributed by atoms with E-state index in [0.29, 0.717) is 12.2 Å². The molecule has 2 aromatic rings. The fraction of sp³-hybridized carbons (Fsp3) is 0.133. The van der Waals surface area contributed by atoms with Gasteiger partial charge in [0.2, 0.25) is 0 Å². The molecular formula is C15H15N3O3. The molecule has 0 atom stereocenters. The molecule has 1 aromatic carbocycles. The van der Waals surface area contributed by atoms with Crippen molar-refractivity contribution in [3.63, 3.8) is 0 Å². The van der Waals surface area contributed by atoms with E-state index in [1.807, 2.05) is 30.3 Å². The summed E-state index contributed by atoms with van der Waals surface area (Å²) < 4.78 is 0. The Morgan fingerprint density at radius 2 is 1.90 bits per heavy atom. The summed E-state index contributed by atoms with van der Waals surface area (Å²) in [5.41, 5.74) is 1.41. The van der Waals surface area contributed by atoms with Gasteiger partial charge >= 0.3 is 12.0 Å². The van der Waals surface area contributed by atoms with Crippen LogP contribution in [0, 0.1) is 0 Å². The maximum Gasteiger partial charge on any atom is 0.354 e. The number of aromatic nitrogens is 1. The number of carbonyl (C=O) groups excluding carboxylic acids is 1. The van der Waals surface area contributed by atoms with E-state index in [-0.39, 0.29) is 11.7 Å². The standard InChI is InChI=1S/C15H15N3O3/c1-18(10-11-5-3-2-4-6-11)15(21)17-12-7-8-13(14(19)20)16-9-12/h2-9H,10H2,1H3,(H,17,21)(H,19,20). The number of carboxylic acids is 1. The average molecular weight is 285 g/mol. The van der Waals surface area contributed by atoms with Crippen molar-refractivity contribution in [1.82, 2.24) is 9.88 Å². The van der Waals surface area contributed by atoms with Crippen LogP contribution < -0.4 is 5.32 Å². The molecule has 6 heteroatoms. The number of pyridine rings is 1. The normalized spacial score (nSPS) is 9.95. The minimum absolute atomic E-state index is 0.0642. The third-order valence-corrected chi connectivity index (χ3v) is 2.84. The fourth-order valence-corrected chi connectivity index (χ4v) is 1.74. The van der Waals surface area contributed by atoms with Crippen LogP contribution in [0.1, 0.15) is 16.1 Å². The lowest BCUT2D eigenvalue weighted by atomic mass is 10.2. The Labute approximate surface area is 122 Å².